The number of anilines is 1. The van der Waals surface area contributed by atoms with Gasteiger partial charge in [-0.05, 0) is 6.42 Å². The van der Waals surface area contributed by atoms with Crippen molar-refractivity contribution < 1.29 is 19.4 Å². The Balaban J connectivity index is 2.25. The van der Waals surface area contributed by atoms with E-state index in [9.17, 15) is 4.79 Å². The maximum atomic E-state index is 11.0. The number of nitrogens with one attached hydrogen (secondary N) is 1. The number of carboxylic acid groups (broad SMARTS) is 1. The summed E-state index contributed by atoms with van der Waals surface area (Å²) in [5.41, 5.74) is 0.537. The molecule has 98 valence electrons. The molecule has 1 aliphatic heterocycles. The molecular formula is C12H14ClNO4. The smallest absolute Gasteiger partial charge is 0.326 e. The van der Waals surface area contributed by atoms with E-state index in [1.165, 1.54) is 0 Å². The molecule has 0 fully saturated rings. The van der Waals surface area contributed by atoms with Gasteiger partial charge >= 0.3 is 5.97 Å². The lowest BCUT2D eigenvalue weighted by atomic mass is 10.2. The molecule has 0 amide bonds. The summed E-state index contributed by atoms with van der Waals surface area (Å²) < 4.78 is 10.8. The first-order valence-corrected chi connectivity index (χ1v) is 6.08. The van der Waals surface area contributed by atoms with Gasteiger partial charge in [-0.25, -0.2) is 4.79 Å². The Labute approximate surface area is 110 Å². The van der Waals surface area contributed by atoms with Gasteiger partial charge in [0, 0.05) is 12.1 Å². The van der Waals surface area contributed by atoms with Gasteiger partial charge in [0.2, 0.25) is 0 Å². The summed E-state index contributed by atoms with van der Waals surface area (Å²) in [5, 5.41) is 12.3. The van der Waals surface area contributed by atoms with E-state index >= 15 is 0 Å². The first kappa shape index (κ1) is 12.8. The summed E-state index contributed by atoms with van der Waals surface area (Å²) in [6.45, 7) is 2.75. The number of carbonyl (C=O) groups is 1. The fraction of sp³-hybridized carbons (Fsp3) is 0.417. The average Bonchev–Trinajstić information content (AvgIpc) is 2.35. The molecule has 0 spiro atoms. The van der Waals surface area contributed by atoms with Crippen LogP contribution in [0.3, 0.4) is 0 Å². The number of fused-ring (bicyclic) bond motifs is 1. The first-order valence-electron chi connectivity index (χ1n) is 5.70. The predicted octanol–water partition coefficient (Wildman–Crippen LogP) is 2.39. The van der Waals surface area contributed by atoms with E-state index in [0.29, 0.717) is 41.8 Å². The van der Waals surface area contributed by atoms with Crippen molar-refractivity contribution in [2.75, 3.05) is 18.5 Å². The van der Waals surface area contributed by atoms with Crippen LogP contribution in [-0.2, 0) is 4.79 Å². The van der Waals surface area contributed by atoms with Gasteiger partial charge in [0.05, 0.1) is 10.7 Å². The molecule has 1 unspecified atom stereocenters. The Morgan fingerprint density at radius 1 is 1.44 bits per heavy atom. The predicted molar refractivity (Wildman–Crippen MR) is 67.8 cm³/mol. The molecule has 0 saturated carbocycles. The van der Waals surface area contributed by atoms with E-state index in [-0.39, 0.29) is 0 Å². The average molecular weight is 272 g/mol. The van der Waals surface area contributed by atoms with Crippen molar-refractivity contribution >= 4 is 23.3 Å². The number of benzene rings is 1. The molecule has 1 aromatic rings. The summed E-state index contributed by atoms with van der Waals surface area (Å²) in [4.78, 5) is 11.0. The molecule has 6 heteroatoms. The summed E-state index contributed by atoms with van der Waals surface area (Å²) in [6, 6.07) is 2.63. The molecule has 0 aliphatic carbocycles. The third-order valence-electron chi connectivity index (χ3n) is 2.67. The summed E-state index contributed by atoms with van der Waals surface area (Å²) >= 11 is 6.08. The minimum absolute atomic E-state index is 0.416. The van der Waals surface area contributed by atoms with Crippen molar-refractivity contribution in [1.29, 1.82) is 0 Å². The molecule has 5 nitrogen and oxygen atoms in total. The molecule has 1 heterocycles. The van der Waals surface area contributed by atoms with Gasteiger partial charge in [-0.2, -0.15) is 0 Å². The van der Waals surface area contributed by atoms with E-state index in [2.05, 4.69) is 5.32 Å². The molecule has 1 aliphatic rings. The Kier molecular flexibility index (Phi) is 3.81. The fourth-order valence-corrected chi connectivity index (χ4v) is 1.91. The molecule has 0 radical (unpaired) electrons. The lowest BCUT2D eigenvalue weighted by Crippen LogP contribution is -2.28. The Bertz CT molecular complexity index is 464. The quantitative estimate of drug-likeness (QED) is 0.880. The van der Waals surface area contributed by atoms with Crippen LogP contribution in [0.25, 0.3) is 0 Å². The highest BCUT2D eigenvalue weighted by Crippen LogP contribution is 2.38. The van der Waals surface area contributed by atoms with E-state index in [1.54, 1.807) is 19.1 Å². The number of carboxylic acids is 1. The van der Waals surface area contributed by atoms with Gasteiger partial charge < -0.3 is 19.9 Å². The normalized spacial score (nSPS) is 15.0. The van der Waals surface area contributed by atoms with Crippen LogP contribution in [0.1, 0.15) is 13.3 Å². The number of ether oxygens (including phenoxy) is 2. The van der Waals surface area contributed by atoms with Crippen molar-refractivity contribution in [2.24, 2.45) is 0 Å². The number of halogens is 1. The van der Waals surface area contributed by atoms with Crippen LogP contribution < -0.4 is 14.8 Å². The van der Waals surface area contributed by atoms with Crippen molar-refractivity contribution in [2.45, 2.75) is 19.4 Å². The van der Waals surface area contributed by atoms with Crippen LogP contribution in [0, 0.1) is 0 Å². The van der Waals surface area contributed by atoms with Crippen LogP contribution in [0.2, 0.25) is 5.02 Å². The molecule has 0 bridgehead atoms. The van der Waals surface area contributed by atoms with Crippen LogP contribution in [0.5, 0.6) is 11.5 Å². The Hall–Kier alpha value is -1.62. The maximum Gasteiger partial charge on any atom is 0.326 e. The third-order valence-corrected chi connectivity index (χ3v) is 2.98. The molecule has 1 atom stereocenters. The maximum absolute atomic E-state index is 11.0. The number of hydrogen-bond donors (Lipinski definition) is 2. The summed E-state index contributed by atoms with van der Waals surface area (Å²) in [5.74, 6) is 0.247. The second kappa shape index (κ2) is 5.35. The standard InChI is InChI=1S/C12H14ClNO4/c1-2-8(12(15)16)14-9-6-11-10(5-7(9)13)17-3-4-18-11/h5-6,8,14H,2-4H2,1H3,(H,15,16). The molecule has 2 N–H and O–H groups in total. The molecule has 18 heavy (non-hydrogen) atoms. The van der Waals surface area contributed by atoms with Crippen molar-refractivity contribution in [3.05, 3.63) is 17.2 Å². The zero-order valence-electron chi connectivity index (χ0n) is 9.90. The first-order chi connectivity index (χ1) is 8.61. The zero-order chi connectivity index (χ0) is 13.1. The fourth-order valence-electron chi connectivity index (χ4n) is 1.70. The van der Waals surface area contributed by atoms with Gasteiger partial charge in [-0.1, -0.05) is 18.5 Å². The highest BCUT2D eigenvalue weighted by Gasteiger charge is 2.19. The lowest BCUT2D eigenvalue weighted by molar-refractivity contribution is -0.137. The van der Waals surface area contributed by atoms with Gasteiger partial charge in [-0.3, -0.25) is 0 Å². The van der Waals surface area contributed by atoms with Crippen molar-refractivity contribution in [1.82, 2.24) is 0 Å². The van der Waals surface area contributed by atoms with E-state index in [0.717, 1.165) is 0 Å². The second-order valence-corrected chi connectivity index (χ2v) is 4.33. The molecule has 0 saturated heterocycles. The molecule has 1 aromatic carbocycles. The molecule has 2 rings (SSSR count). The number of aliphatic carboxylic acids is 1. The minimum Gasteiger partial charge on any atom is -0.486 e. The minimum atomic E-state index is -0.913. The van der Waals surface area contributed by atoms with E-state index in [4.69, 9.17) is 26.2 Å². The van der Waals surface area contributed by atoms with Crippen LogP contribution in [0.15, 0.2) is 12.1 Å². The van der Waals surface area contributed by atoms with Crippen LogP contribution in [0.4, 0.5) is 5.69 Å². The highest BCUT2D eigenvalue weighted by atomic mass is 35.5. The summed E-state index contributed by atoms with van der Waals surface area (Å²) in [7, 11) is 0. The van der Waals surface area contributed by atoms with E-state index in [1.807, 2.05) is 0 Å². The number of rotatable bonds is 4. The Morgan fingerprint density at radius 2 is 2.06 bits per heavy atom. The van der Waals surface area contributed by atoms with Gasteiger partial charge in [-0.15, -0.1) is 0 Å². The SMILES string of the molecule is CCC(Nc1cc2c(cc1Cl)OCCO2)C(=O)O. The number of hydrogen-bond acceptors (Lipinski definition) is 4. The Morgan fingerprint density at radius 3 is 2.61 bits per heavy atom. The molecular weight excluding hydrogens is 258 g/mol. The van der Waals surface area contributed by atoms with Crippen molar-refractivity contribution in [3.63, 3.8) is 0 Å². The largest absolute Gasteiger partial charge is 0.486 e. The van der Waals surface area contributed by atoms with Crippen LogP contribution >= 0.6 is 11.6 Å². The lowest BCUT2D eigenvalue weighted by Gasteiger charge is -2.21. The van der Waals surface area contributed by atoms with Gasteiger partial charge in [0.15, 0.2) is 11.5 Å². The molecule has 0 aromatic heterocycles. The van der Waals surface area contributed by atoms with Crippen molar-refractivity contribution in [3.8, 4) is 11.5 Å². The summed E-state index contributed by atoms with van der Waals surface area (Å²) in [6.07, 6.45) is 0.458. The zero-order valence-corrected chi connectivity index (χ0v) is 10.7. The van der Waals surface area contributed by atoms with E-state index < -0.39 is 12.0 Å². The van der Waals surface area contributed by atoms with Gasteiger partial charge in [0.25, 0.3) is 0 Å². The third kappa shape index (κ3) is 2.61. The topological polar surface area (TPSA) is 67.8 Å². The monoisotopic (exact) mass is 271 g/mol. The van der Waals surface area contributed by atoms with Crippen LogP contribution in [-0.4, -0.2) is 30.3 Å². The van der Waals surface area contributed by atoms with Gasteiger partial charge in [0.1, 0.15) is 19.3 Å². The second-order valence-electron chi connectivity index (χ2n) is 3.92. The highest BCUT2D eigenvalue weighted by molar-refractivity contribution is 6.33.